The molecule has 0 bridgehead atoms. The second-order valence-corrected chi connectivity index (χ2v) is 6.18. The fraction of sp³-hybridized carbons (Fsp3) is 0.333. The molecular weight excluding hydrogens is 336 g/mol. The normalized spacial score (nSPS) is 12.2. The molecule has 0 unspecified atom stereocenters. The zero-order chi connectivity index (χ0) is 18.7. The Morgan fingerprint density at radius 3 is 2.46 bits per heavy atom. The molecule has 0 saturated carbocycles. The molecule has 1 atom stereocenters. The van der Waals surface area contributed by atoms with Gasteiger partial charge in [0.1, 0.15) is 11.8 Å². The van der Waals surface area contributed by atoms with E-state index in [1.54, 1.807) is 20.1 Å². The molecule has 8 heteroatoms. The van der Waals surface area contributed by atoms with Crippen LogP contribution in [0.3, 0.4) is 0 Å². The van der Waals surface area contributed by atoms with E-state index >= 15 is 0 Å². The number of carbonyl (C=O) groups is 1. The van der Waals surface area contributed by atoms with Gasteiger partial charge < -0.3 is 19.1 Å². The summed E-state index contributed by atoms with van der Waals surface area (Å²) in [5.41, 5.74) is 0.975. The van der Waals surface area contributed by atoms with Crippen molar-refractivity contribution in [3.63, 3.8) is 0 Å². The third-order valence-electron chi connectivity index (χ3n) is 3.88. The van der Waals surface area contributed by atoms with Crippen molar-refractivity contribution in [1.82, 2.24) is 20.6 Å². The highest BCUT2D eigenvalue weighted by atomic mass is 16.5. The summed E-state index contributed by atoms with van der Waals surface area (Å²) in [5.74, 6) is 1.80. The van der Waals surface area contributed by atoms with Crippen LogP contribution in [-0.2, 0) is 0 Å². The summed E-state index contributed by atoms with van der Waals surface area (Å²) in [6.45, 7) is 5.64. The van der Waals surface area contributed by atoms with Crippen LogP contribution < -0.4 is 10.1 Å². The van der Waals surface area contributed by atoms with Crippen molar-refractivity contribution in [2.75, 3.05) is 7.11 Å². The van der Waals surface area contributed by atoms with E-state index in [-0.39, 0.29) is 17.5 Å². The van der Waals surface area contributed by atoms with Crippen LogP contribution >= 0.6 is 0 Å². The highest BCUT2D eigenvalue weighted by molar-refractivity contribution is 5.93. The molecule has 2 heterocycles. The Balaban J connectivity index is 1.76. The zero-order valence-electron chi connectivity index (χ0n) is 15.0. The van der Waals surface area contributed by atoms with Crippen LogP contribution in [0.5, 0.6) is 5.75 Å². The monoisotopic (exact) mass is 356 g/mol. The second-order valence-electron chi connectivity index (χ2n) is 6.18. The third-order valence-corrected chi connectivity index (χ3v) is 3.88. The number of rotatable bonds is 6. The lowest BCUT2D eigenvalue weighted by Crippen LogP contribution is -2.32. The summed E-state index contributed by atoms with van der Waals surface area (Å²) >= 11 is 0. The van der Waals surface area contributed by atoms with Crippen LogP contribution in [0.4, 0.5) is 0 Å². The van der Waals surface area contributed by atoms with Crippen LogP contribution in [0.25, 0.3) is 11.3 Å². The minimum Gasteiger partial charge on any atom is -0.497 e. The largest absolute Gasteiger partial charge is 0.497 e. The van der Waals surface area contributed by atoms with Gasteiger partial charge in [0.05, 0.1) is 7.11 Å². The van der Waals surface area contributed by atoms with Crippen LogP contribution in [0.1, 0.15) is 42.1 Å². The third kappa shape index (κ3) is 3.74. The minimum absolute atomic E-state index is 0.0618. The van der Waals surface area contributed by atoms with E-state index in [0.29, 0.717) is 17.5 Å². The molecule has 2 aromatic heterocycles. The standard InChI is InChI=1S/C18H20N4O4/c1-10(2)16(18-19-11(3)21-26-18)20-17(23)14-9-15(25-22-14)12-5-7-13(24-4)8-6-12/h5-10,16H,1-4H3,(H,20,23)/t16-/m0/s1. The second kappa shape index (κ2) is 7.38. The molecule has 0 aliphatic carbocycles. The van der Waals surface area contributed by atoms with Crippen molar-refractivity contribution in [3.05, 3.63) is 47.7 Å². The van der Waals surface area contributed by atoms with Gasteiger partial charge in [-0.05, 0) is 37.1 Å². The number of hydrogen-bond acceptors (Lipinski definition) is 7. The van der Waals surface area contributed by atoms with E-state index in [9.17, 15) is 4.79 Å². The van der Waals surface area contributed by atoms with Crippen LogP contribution in [-0.4, -0.2) is 28.3 Å². The minimum atomic E-state index is -0.412. The Hall–Kier alpha value is -3.16. The predicted molar refractivity (Wildman–Crippen MR) is 92.6 cm³/mol. The Morgan fingerprint density at radius 1 is 1.15 bits per heavy atom. The Kier molecular flexibility index (Phi) is 5.01. The number of nitrogens with zero attached hydrogens (tertiary/aromatic N) is 3. The summed E-state index contributed by atoms with van der Waals surface area (Å²) in [6, 6.07) is 8.46. The number of amides is 1. The van der Waals surface area contributed by atoms with E-state index in [1.807, 2.05) is 38.1 Å². The van der Waals surface area contributed by atoms with Crippen LogP contribution in [0.2, 0.25) is 0 Å². The number of aryl methyl sites for hydroxylation is 1. The topological polar surface area (TPSA) is 103 Å². The summed E-state index contributed by atoms with van der Waals surface area (Å²) in [6.07, 6.45) is 0. The molecule has 0 aliphatic rings. The van der Waals surface area contributed by atoms with Gasteiger partial charge in [-0.25, -0.2) is 0 Å². The average Bonchev–Trinajstić information content (AvgIpc) is 3.28. The predicted octanol–water partition coefficient (Wildman–Crippen LogP) is 3.17. The summed E-state index contributed by atoms with van der Waals surface area (Å²) < 4.78 is 15.6. The van der Waals surface area contributed by atoms with E-state index in [1.165, 1.54) is 0 Å². The summed E-state index contributed by atoms with van der Waals surface area (Å²) in [4.78, 5) is 16.7. The van der Waals surface area contributed by atoms with E-state index in [4.69, 9.17) is 13.8 Å². The van der Waals surface area contributed by atoms with Gasteiger partial charge in [-0.2, -0.15) is 4.98 Å². The molecule has 8 nitrogen and oxygen atoms in total. The highest BCUT2D eigenvalue weighted by Gasteiger charge is 2.26. The molecular formula is C18H20N4O4. The number of aromatic nitrogens is 3. The smallest absolute Gasteiger partial charge is 0.274 e. The van der Waals surface area contributed by atoms with Crippen molar-refractivity contribution in [2.45, 2.75) is 26.8 Å². The molecule has 1 amide bonds. The lowest BCUT2D eigenvalue weighted by Gasteiger charge is -2.17. The number of methoxy groups -OCH3 is 1. The van der Waals surface area contributed by atoms with Gasteiger partial charge in [0.25, 0.3) is 5.91 Å². The lowest BCUT2D eigenvalue weighted by atomic mass is 10.0. The maximum Gasteiger partial charge on any atom is 0.274 e. The molecule has 1 N–H and O–H groups in total. The molecule has 0 radical (unpaired) electrons. The molecule has 0 spiro atoms. The maximum absolute atomic E-state index is 12.5. The molecule has 1 aromatic carbocycles. The van der Waals surface area contributed by atoms with Gasteiger partial charge >= 0.3 is 0 Å². The average molecular weight is 356 g/mol. The van der Waals surface area contributed by atoms with E-state index < -0.39 is 6.04 Å². The van der Waals surface area contributed by atoms with Crippen LogP contribution in [0.15, 0.2) is 39.4 Å². The van der Waals surface area contributed by atoms with Crippen molar-refractivity contribution in [1.29, 1.82) is 0 Å². The number of nitrogens with one attached hydrogen (secondary N) is 1. The van der Waals surface area contributed by atoms with Crippen molar-refractivity contribution in [2.24, 2.45) is 5.92 Å². The lowest BCUT2D eigenvalue weighted by molar-refractivity contribution is 0.0904. The van der Waals surface area contributed by atoms with Gasteiger partial charge in [-0.1, -0.05) is 24.2 Å². The van der Waals surface area contributed by atoms with Gasteiger partial charge in [-0.15, -0.1) is 0 Å². The van der Waals surface area contributed by atoms with Gasteiger partial charge in [-0.3, -0.25) is 4.79 Å². The van der Waals surface area contributed by atoms with Gasteiger partial charge in [0.15, 0.2) is 17.3 Å². The maximum atomic E-state index is 12.5. The number of benzene rings is 1. The molecule has 0 fully saturated rings. The Bertz CT molecular complexity index is 883. The quantitative estimate of drug-likeness (QED) is 0.723. The molecule has 136 valence electrons. The molecule has 0 aliphatic heterocycles. The van der Waals surface area contributed by atoms with Crippen molar-refractivity contribution in [3.8, 4) is 17.1 Å². The van der Waals surface area contributed by atoms with E-state index in [2.05, 4.69) is 20.6 Å². The first-order valence-electron chi connectivity index (χ1n) is 8.20. The zero-order valence-corrected chi connectivity index (χ0v) is 15.0. The summed E-state index contributed by atoms with van der Waals surface area (Å²) in [7, 11) is 1.60. The fourth-order valence-corrected chi connectivity index (χ4v) is 2.44. The first-order valence-corrected chi connectivity index (χ1v) is 8.20. The summed E-state index contributed by atoms with van der Waals surface area (Å²) in [5, 5.41) is 10.5. The first kappa shape index (κ1) is 17.7. The fourth-order valence-electron chi connectivity index (χ4n) is 2.44. The number of hydrogen-bond donors (Lipinski definition) is 1. The molecule has 3 rings (SSSR count). The van der Waals surface area contributed by atoms with Crippen molar-refractivity contribution >= 4 is 5.91 Å². The molecule has 3 aromatic rings. The van der Waals surface area contributed by atoms with E-state index in [0.717, 1.165) is 11.3 Å². The number of carbonyl (C=O) groups excluding carboxylic acids is 1. The SMILES string of the molecule is COc1ccc(-c2cc(C(=O)N[C@H](c3nc(C)no3)C(C)C)no2)cc1. The van der Waals surface area contributed by atoms with Crippen molar-refractivity contribution < 1.29 is 18.6 Å². The molecule has 26 heavy (non-hydrogen) atoms. The number of ether oxygens (including phenoxy) is 1. The Morgan fingerprint density at radius 2 is 1.88 bits per heavy atom. The Labute approximate surface area is 150 Å². The first-order chi connectivity index (χ1) is 12.5. The van der Waals surface area contributed by atoms with Gasteiger partial charge in [0.2, 0.25) is 5.89 Å². The van der Waals surface area contributed by atoms with Gasteiger partial charge in [0, 0.05) is 11.6 Å². The van der Waals surface area contributed by atoms with Crippen LogP contribution in [0, 0.1) is 12.8 Å². The highest BCUT2D eigenvalue weighted by Crippen LogP contribution is 2.24. The molecule has 0 saturated heterocycles.